The lowest BCUT2D eigenvalue weighted by Crippen LogP contribution is -2.25. The Hall–Kier alpha value is -3.39. The first-order valence-corrected chi connectivity index (χ1v) is 10.1. The number of carbonyl (C=O) groups excluding carboxylic acids is 1. The average molecular weight is 378 g/mol. The van der Waals surface area contributed by atoms with E-state index in [4.69, 9.17) is 15.2 Å². The maximum atomic E-state index is 12.1. The molecule has 2 atom stereocenters. The van der Waals surface area contributed by atoms with Crippen LogP contribution in [0.25, 0.3) is 17.3 Å². The van der Waals surface area contributed by atoms with Crippen LogP contribution in [0.1, 0.15) is 49.3 Å². The van der Waals surface area contributed by atoms with E-state index in [1.165, 1.54) is 5.57 Å². The highest BCUT2D eigenvalue weighted by Gasteiger charge is 2.36. The molecule has 0 bridgehead atoms. The summed E-state index contributed by atoms with van der Waals surface area (Å²) in [5.41, 5.74) is 8.31. The van der Waals surface area contributed by atoms with Crippen molar-refractivity contribution in [1.29, 1.82) is 5.26 Å². The van der Waals surface area contributed by atoms with E-state index in [0.29, 0.717) is 25.2 Å². The normalized spacial score (nSPS) is 24.6. The third-order valence-electron chi connectivity index (χ3n) is 6.64. The Bertz CT molecular complexity index is 1340. The summed E-state index contributed by atoms with van der Waals surface area (Å²) in [6.07, 6.45) is 12.5. The SMILES string of the molecule is C[C@H]1C2=C(C=C[C@H]1CCC#N)N=c1c3c(c4c(c12)C=NC=4)C1=CC(=O)CCC1=N3. The highest BCUT2D eigenvalue weighted by Crippen LogP contribution is 2.44. The Morgan fingerprint density at radius 2 is 2.14 bits per heavy atom. The number of rotatable bonds is 2. The summed E-state index contributed by atoms with van der Waals surface area (Å²) in [6.45, 7) is 2.23. The fourth-order valence-corrected chi connectivity index (χ4v) is 5.21. The van der Waals surface area contributed by atoms with E-state index in [0.717, 1.165) is 56.4 Å². The molecule has 29 heavy (non-hydrogen) atoms. The lowest BCUT2D eigenvalue weighted by Gasteiger charge is -2.26. The highest BCUT2D eigenvalue weighted by molar-refractivity contribution is 6.34. The molecule has 0 radical (unpaired) electrons. The summed E-state index contributed by atoms with van der Waals surface area (Å²) in [5.74, 6) is 0.767. The van der Waals surface area contributed by atoms with Gasteiger partial charge in [0.1, 0.15) is 0 Å². The Morgan fingerprint density at radius 3 is 3.00 bits per heavy atom. The summed E-state index contributed by atoms with van der Waals surface area (Å²) in [5, 5.41) is 11.0. The van der Waals surface area contributed by atoms with Crippen LogP contribution in [0.2, 0.25) is 0 Å². The Morgan fingerprint density at radius 1 is 1.24 bits per heavy atom. The van der Waals surface area contributed by atoms with Crippen LogP contribution in [-0.2, 0) is 4.79 Å². The number of allylic oxidation sites excluding steroid dienone is 5. The lowest BCUT2D eigenvalue weighted by atomic mass is 9.76. The van der Waals surface area contributed by atoms with Crippen LogP contribution >= 0.6 is 0 Å². The molecule has 0 N–H and O–H groups in total. The third kappa shape index (κ3) is 2.14. The van der Waals surface area contributed by atoms with Gasteiger partial charge in [-0.25, -0.2) is 9.98 Å². The highest BCUT2D eigenvalue weighted by atomic mass is 16.1. The molecule has 5 nitrogen and oxygen atoms in total. The van der Waals surface area contributed by atoms with Crippen LogP contribution in [0.15, 0.2) is 38.9 Å². The van der Waals surface area contributed by atoms with Gasteiger partial charge in [0, 0.05) is 58.4 Å². The molecule has 0 aromatic heterocycles. The molecule has 2 aliphatic carbocycles. The number of carbonyl (C=O) groups is 1. The second-order valence-corrected chi connectivity index (χ2v) is 8.18. The first-order chi connectivity index (χ1) is 14.2. The van der Waals surface area contributed by atoms with Crippen molar-refractivity contribution in [1.82, 2.24) is 0 Å². The second kappa shape index (κ2) is 5.81. The van der Waals surface area contributed by atoms with Crippen molar-refractivity contribution in [3.8, 4) is 6.07 Å². The van der Waals surface area contributed by atoms with E-state index >= 15 is 0 Å². The minimum atomic E-state index is 0.159. The van der Waals surface area contributed by atoms with Crippen LogP contribution in [0.4, 0.5) is 5.69 Å². The zero-order chi connectivity index (χ0) is 19.7. The van der Waals surface area contributed by atoms with Gasteiger partial charge in [-0.1, -0.05) is 13.0 Å². The predicted molar refractivity (Wildman–Crippen MR) is 112 cm³/mol. The summed E-state index contributed by atoms with van der Waals surface area (Å²) in [4.78, 5) is 26.5. The van der Waals surface area contributed by atoms with Crippen molar-refractivity contribution < 1.29 is 4.79 Å². The van der Waals surface area contributed by atoms with Crippen LogP contribution in [0.5, 0.6) is 0 Å². The van der Waals surface area contributed by atoms with Crippen molar-refractivity contribution in [2.75, 3.05) is 0 Å². The summed E-state index contributed by atoms with van der Waals surface area (Å²) in [7, 11) is 0. The smallest absolute Gasteiger partial charge is 0.156 e. The van der Waals surface area contributed by atoms with Crippen molar-refractivity contribution in [2.45, 2.75) is 32.6 Å². The van der Waals surface area contributed by atoms with Crippen LogP contribution < -0.4 is 10.6 Å². The molecular weight excluding hydrogens is 360 g/mol. The van der Waals surface area contributed by atoms with Crippen molar-refractivity contribution in [3.05, 3.63) is 51.2 Å². The quantitative estimate of drug-likeness (QED) is 0.792. The zero-order valence-electron chi connectivity index (χ0n) is 16.1. The predicted octanol–water partition coefficient (Wildman–Crippen LogP) is 3.16. The van der Waals surface area contributed by atoms with Gasteiger partial charge in [0.15, 0.2) is 5.78 Å². The van der Waals surface area contributed by atoms with Gasteiger partial charge < -0.3 is 0 Å². The number of benzene rings is 1. The minimum absolute atomic E-state index is 0.159. The number of nitrogens with zero attached hydrogens (tertiary/aromatic N) is 4. The molecule has 1 aromatic rings. The van der Waals surface area contributed by atoms with Gasteiger partial charge in [-0.3, -0.25) is 9.79 Å². The molecule has 0 spiro atoms. The van der Waals surface area contributed by atoms with Crippen LogP contribution in [-0.4, -0.2) is 17.7 Å². The molecule has 3 aliphatic heterocycles. The van der Waals surface area contributed by atoms with Gasteiger partial charge in [-0.15, -0.1) is 0 Å². The molecule has 6 rings (SSSR count). The molecule has 0 saturated carbocycles. The molecule has 3 heterocycles. The van der Waals surface area contributed by atoms with Crippen LogP contribution in [0, 0.1) is 23.2 Å². The van der Waals surface area contributed by atoms with E-state index in [9.17, 15) is 4.79 Å². The van der Waals surface area contributed by atoms with Gasteiger partial charge in [-0.2, -0.15) is 5.26 Å². The van der Waals surface area contributed by atoms with Crippen molar-refractivity contribution in [3.63, 3.8) is 0 Å². The Balaban J connectivity index is 1.59. The van der Waals surface area contributed by atoms with Gasteiger partial charge in [-0.05, 0) is 42.4 Å². The number of ketones is 1. The molecule has 0 unspecified atom stereocenters. The Labute approximate surface area is 167 Å². The number of fused-ring (bicyclic) bond motifs is 9. The second-order valence-electron chi connectivity index (χ2n) is 8.18. The van der Waals surface area contributed by atoms with E-state index in [1.54, 1.807) is 6.08 Å². The molecular formula is C24H18N4O. The van der Waals surface area contributed by atoms with E-state index < -0.39 is 0 Å². The number of aliphatic imine (C=N–C) groups is 2. The molecule has 140 valence electrons. The summed E-state index contributed by atoms with van der Waals surface area (Å²) in [6, 6.07) is 2.27. The minimum Gasteiger partial charge on any atom is -0.295 e. The van der Waals surface area contributed by atoms with Gasteiger partial charge in [0.05, 0.1) is 22.8 Å². The average Bonchev–Trinajstić information content (AvgIpc) is 3.41. The summed E-state index contributed by atoms with van der Waals surface area (Å²) < 4.78 is 0. The fourth-order valence-electron chi connectivity index (χ4n) is 5.21. The largest absolute Gasteiger partial charge is 0.295 e. The number of hydrogen-bond acceptors (Lipinski definition) is 5. The molecule has 5 heteroatoms. The first kappa shape index (κ1) is 16.6. The maximum Gasteiger partial charge on any atom is 0.156 e. The standard InChI is InChI=1S/C24H18N4O/c1-12-13(3-2-8-25)4-6-19-20(12)22-17-11-26-10-16(17)21-15-9-14(29)5-7-18(15)27-23(21)24(22)28-19/h4,6,9-13H,2-3,5,7H2,1H3/t12-,13-/m1/s1. The lowest BCUT2D eigenvalue weighted by molar-refractivity contribution is -0.114. The topological polar surface area (TPSA) is 77.9 Å². The summed E-state index contributed by atoms with van der Waals surface area (Å²) >= 11 is 0. The zero-order valence-corrected chi connectivity index (χ0v) is 16.1. The molecule has 5 aliphatic rings. The van der Waals surface area contributed by atoms with Gasteiger partial charge >= 0.3 is 0 Å². The maximum absolute atomic E-state index is 12.1. The monoisotopic (exact) mass is 378 g/mol. The molecule has 0 amide bonds. The van der Waals surface area contributed by atoms with Crippen molar-refractivity contribution in [2.24, 2.45) is 26.8 Å². The van der Waals surface area contributed by atoms with Crippen molar-refractivity contribution >= 4 is 40.7 Å². The Kier molecular flexibility index (Phi) is 3.31. The van der Waals surface area contributed by atoms with E-state index in [-0.39, 0.29) is 11.7 Å². The van der Waals surface area contributed by atoms with E-state index in [1.807, 2.05) is 12.4 Å². The third-order valence-corrected chi connectivity index (χ3v) is 6.64. The fraction of sp³-hybridized carbons (Fsp3) is 0.292. The van der Waals surface area contributed by atoms with Gasteiger partial charge in [0.2, 0.25) is 0 Å². The first-order valence-electron chi connectivity index (χ1n) is 10.1. The van der Waals surface area contributed by atoms with E-state index in [2.05, 4.69) is 30.1 Å². The molecule has 0 saturated heterocycles. The molecule has 1 aromatic carbocycles. The number of hydrogen-bond donors (Lipinski definition) is 0. The molecule has 0 fully saturated rings. The van der Waals surface area contributed by atoms with Crippen LogP contribution in [0.3, 0.4) is 0 Å². The van der Waals surface area contributed by atoms with Gasteiger partial charge in [0.25, 0.3) is 0 Å². The number of nitriles is 1.